The summed E-state index contributed by atoms with van der Waals surface area (Å²) in [6, 6.07) is 0. The molecule has 4 fully saturated rings. The van der Waals surface area contributed by atoms with Crippen LogP contribution in [0.5, 0.6) is 0 Å². The summed E-state index contributed by atoms with van der Waals surface area (Å²) < 4.78 is 0. The van der Waals surface area contributed by atoms with E-state index < -0.39 is 0 Å². The molecule has 0 aromatic carbocycles. The van der Waals surface area contributed by atoms with Crippen molar-refractivity contribution in [3.63, 3.8) is 0 Å². The van der Waals surface area contributed by atoms with Gasteiger partial charge in [-0.25, -0.2) is 0 Å². The minimum atomic E-state index is 0.263. The lowest BCUT2D eigenvalue weighted by Gasteiger charge is -2.61. The van der Waals surface area contributed by atoms with Crippen molar-refractivity contribution in [3.05, 3.63) is 12.2 Å². The third kappa shape index (κ3) is 3.49. The summed E-state index contributed by atoms with van der Waals surface area (Å²) in [5.74, 6) is 5.92. The number of oxime groups is 1. The van der Waals surface area contributed by atoms with Gasteiger partial charge in [0, 0.05) is 6.42 Å². The van der Waals surface area contributed by atoms with Crippen LogP contribution in [0.1, 0.15) is 105 Å². The van der Waals surface area contributed by atoms with Crippen LogP contribution in [-0.4, -0.2) is 10.9 Å². The first-order valence-corrected chi connectivity index (χ1v) is 13.1. The van der Waals surface area contributed by atoms with Gasteiger partial charge in [-0.3, -0.25) is 0 Å². The summed E-state index contributed by atoms with van der Waals surface area (Å²) in [5.41, 5.74) is 3.16. The molecule has 0 aromatic rings. The van der Waals surface area contributed by atoms with Gasteiger partial charge in [-0.2, -0.15) is 0 Å². The first-order chi connectivity index (χ1) is 14.2. The first kappa shape index (κ1) is 22.4. The van der Waals surface area contributed by atoms with Gasteiger partial charge in [-0.15, -0.1) is 0 Å². The van der Waals surface area contributed by atoms with E-state index >= 15 is 0 Å². The second-order valence-corrected chi connectivity index (χ2v) is 12.6. The predicted octanol–water partition coefficient (Wildman–Crippen LogP) is 8.10. The highest BCUT2D eigenvalue weighted by Gasteiger charge is 2.61. The average molecular weight is 414 g/mol. The van der Waals surface area contributed by atoms with Gasteiger partial charge < -0.3 is 5.21 Å². The van der Waals surface area contributed by atoms with Crippen LogP contribution < -0.4 is 0 Å². The van der Waals surface area contributed by atoms with Crippen LogP contribution in [0.25, 0.3) is 0 Å². The zero-order valence-electron chi connectivity index (χ0n) is 20.4. The Morgan fingerprint density at radius 2 is 1.80 bits per heavy atom. The van der Waals surface area contributed by atoms with Gasteiger partial charge in [-0.1, -0.05) is 71.2 Å². The number of nitrogens with zero attached hydrogens (tertiary/aromatic N) is 1. The highest BCUT2D eigenvalue weighted by molar-refractivity contribution is 5.88. The SMILES string of the molecule is C=C1C/C(=N/O)C[C@H]2CC[C@H]3[C@@H]4CC[C@H]([C@H](C)CCCC(C)C)[C@@]4(C)CC[C@@H]3[C@@]12C. The first-order valence-electron chi connectivity index (χ1n) is 13.1. The smallest absolute Gasteiger partial charge is 0.0614 e. The zero-order chi connectivity index (χ0) is 21.7. The summed E-state index contributed by atoms with van der Waals surface area (Å²) in [5, 5.41) is 13.0. The number of allylic oxidation sites excluding steroid dienone is 1. The minimum absolute atomic E-state index is 0.263. The molecule has 4 aliphatic rings. The molecule has 0 radical (unpaired) electrons. The Kier molecular flexibility index (Phi) is 6.19. The van der Waals surface area contributed by atoms with E-state index in [0.717, 1.165) is 54.1 Å². The van der Waals surface area contributed by atoms with E-state index in [4.69, 9.17) is 0 Å². The molecule has 0 saturated heterocycles. The molecular formula is C28H47NO. The lowest BCUT2D eigenvalue weighted by molar-refractivity contribution is -0.0867. The molecule has 0 unspecified atom stereocenters. The molecule has 0 heterocycles. The highest BCUT2D eigenvalue weighted by atomic mass is 16.4. The van der Waals surface area contributed by atoms with Crippen LogP contribution in [0.15, 0.2) is 17.3 Å². The number of hydrogen-bond donors (Lipinski definition) is 1. The molecule has 0 aromatic heterocycles. The highest BCUT2D eigenvalue weighted by Crippen LogP contribution is 2.68. The van der Waals surface area contributed by atoms with Gasteiger partial charge in [-0.05, 0) is 97.2 Å². The van der Waals surface area contributed by atoms with Gasteiger partial charge >= 0.3 is 0 Å². The standard InChI is InChI=1S/C28H47NO/c1-18(2)8-7-9-19(3)24-12-13-25-23-11-10-21-17-22(29-30)16-20(4)28(21,6)26(23)14-15-27(24,25)5/h18-19,21,23-26,30H,4,7-17H2,1-3,5-6H3/b29-22-/t19-,21-,23+,24-,25+,26+,27-,28+/m1/s1. The van der Waals surface area contributed by atoms with E-state index in [1.807, 2.05) is 0 Å². The van der Waals surface area contributed by atoms with Crippen molar-refractivity contribution in [1.29, 1.82) is 0 Å². The summed E-state index contributed by atoms with van der Waals surface area (Å²) in [7, 11) is 0. The third-order valence-electron chi connectivity index (χ3n) is 10.9. The molecule has 2 heteroatoms. The topological polar surface area (TPSA) is 32.6 Å². The molecule has 0 spiro atoms. The van der Waals surface area contributed by atoms with Crippen molar-refractivity contribution in [2.75, 3.05) is 0 Å². The monoisotopic (exact) mass is 413 g/mol. The number of fused-ring (bicyclic) bond motifs is 5. The summed E-state index contributed by atoms with van der Waals surface area (Å²) in [6.45, 7) is 17.1. The lowest BCUT2D eigenvalue weighted by atomic mass is 9.43. The molecule has 30 heavy (non-hydrogen) atoms. The van der Waals surface area contributed by atoms with Crippen molar-refractivity contribution in [1.82, 2.24) is 0 Å². The Hall–Kier alpha value is -0.790. The third-order valence-corrected chi connectivity index (χ3v) is 10.9. The summed E-state index contributed by atoms with van der Waals surface area (Å²) >= 11 is 0. The Balaban J connectivity index is 1.50. The van der Waals surface area contributed by atoms with Crippen LogP contribution in [-0.2, 0) is 0 Å². The molecule has 0 aliphatic heterocycles. The van der Waals surface area contributed by atoms with Crippen LogP contribution in [0.3, 0.4) is 0 Å². The normalized spacial score (nSPS) is 45.9. The molecule has 4 rings (SSSR count). The van der Waals surface area contributed by atoms with E-state index in [0.29, 0.717) is 11.3 Å². The van der Waals surface area contributed by atoms with Crippen molar-refractivity contribution in [3.8, 4) is 0 Å². The zero-order valence-corrected chi connectivity index (χ0v) is 20.4. The van der Waals surface area contributed by atoms with Crippen LogP contribution in [0, 0.1) is 52.3 Å². The van der Waals surface area contributed by atoms with Gasteiger partial charge in [0.15, 0.2) is 0 Å². The molecular weight excluding hydrogens is 366 g/mol. The second kappa shape index (κ2) is 8.28. The van der Waals surface area contributed by atoms with Crippen molar-refractivity contribution >= 4 is 5.71 Å². The molecule has 1 N–H and O–H groups in total. The van der Waals surface area contributed by atoms with E-state index in [1.165, 1.54) is 63.4 Å². The van der Waals surface area contributed by atoms with Gasteiger partial charge in [0.05, 0.1) is 5.71 Å². The fourth-order valence-electron chi connectivity index (χ4n) is 9.19. The Bertz CT molecular complexity index is 680. The van der Waals surface area contributed by atoms with E-state index in [2.05, 4.69) is 46.4 Å². The van der Waals surface area contributed by atoms with Crippen LogP contribution >= 0.6 is 0 Å². The van der Waals surface area contributed by atoms with Crippen molar-refractivity contribution in [2.45, 2.75) is 105 Å². The van der Waals surface area contributed by atoms with Gasteiger partial charge in [0.1, 0.15) is 0 Å². The Morgan fingerprint density at radius 3 is 2.50 bits per heavy atom. The Morgan fingerprint density at radius 1 is 1.03 bits per heavy atom. The maximum atomic E-state index is 9.39. The van der Waals surface area contributed by atoms with Gasteiger partial charge in [0.25, 0.3) is 0 Å². The predicted molar refractivity (Wildman–Crippen MR) is 127 cm³/mol. The Labute approximate surface area is 186 Å². The number of rotatable bonds is 5. The maximum Gasteiger partial charge on any atom is 0.0614 e. The lowest BCUT2D eigenvalue weighted by Crippen LogP contribution is -2.54. The summed E-state index contributed by atoms with van der Waals surface area (Å²) in [4.78, 5) is 0. The maximum absolute atomic E-state index is 9.39. The van der Waals surface area contributed by atoms with Crippen molar-refractivity contribution < 1.29 is 5.21 Å². The molecule has 4 saturated carbocycles. The number of hydrogen-bond acceptors (Lipinski definition) is 2. The fraction of sp³-hybridized carbons (Fsp3) is 0.893. The van der Waals surface area contributed by atoms with Crippen LogP contribution in [0.4, 0.5) is 0 Å². The molecule has 2 nitrogen and oxygen atoms in total. The summed E-state index contributed by atoms with van der Waals surface area (Å²) in [6.07, 6.45) is 14.5. The molecule has 4 aliphatic carbocycles. The fourth-order valence-corrected chi connectivity index (χ4v) is 9.19. The molecule has 170 valence electrons. The van der Waals surface area contributed by atoms with E-state index in [1.54, 1.807) is 0 Å². The van der Waals surface area contributed by atoms with E-state index in [-0.39, 0.29) is 5.41 Å². The van der Waals surface area contributed by atoms with E-state index in [9.17, 15) is 5.21 Å². The average Bonchev–Trinajstić information content (AvgIpc) is 3.05. The van der Waals surface area contributed by atoms with Crippen LogP contribution in [0.2, 0.25) is 0 Å². The minimum Gasteiger partial charge on any atom is -0.411 e. The second-order valence-electron chi connectivity index (χ2n) is 12.6. The largest absolute Gasteiger partial charge is 0.411 e. The molecule has 8 atom stereocenters. The molecule has 0 bridgehead atoms. The van der Waals surface area contributed by atoms with Crippen molar-refractivity contribution in [2.24, 2.45) is 57.4 Å². The van der Waals surface area contributed by atoms with Gasteiger partial charge in [0.2, 0.25) is 0 Å². The molecule has 0 amide bonds. The quantitative estimate of drug-likeness (QED) is 0.275.